The maximum Gasteiger partial charge on any atom is 0.123 e. The summed E-state index contributed by atoms with van der Waals surface area (Å²) in [5.74, 6) is 1.13. The molecule has 1 atom stereocenters. The van der Waals surface area contributed by atoms with Crippen molar-refractivity contribution in [2.75, 3.05) is 18.4 Å². The third kappa shape index (κ3) is 3.04. The Bertz CT molecular complexity index is 1090. The van der Waals surface area contributed by atoms with E-state index in [2.05, 4.69) is 75.3 Å². The molecule has 1 saturated heterocycles. The molecule has 0 bridgehead atoms. The molecule has 1 aliphatic heterocycles. The number of anilines is 1. The normalized spacial score (nSPS) is 17.7. The number of pyridine rings is 1. The molecular formula is C22H23N5. The number of aromatic nitrogens is 3. The molecule has 1 fully saturated rings. The lowest BCUT2D eigenvalue weighted by Crippen LogP contribution is -2.27. The van der Waals surface area contributed by atoms with Crippen LogP contribution in [0.25, 0.3) is 21.8 Å². The lowest BCUT2D eigenvalue weighted by atomic mass is 10.1. The summed E-state index contributed by atoms with van der Waals surface area (Å²) < 4.78 is 2.22. The fourth-order valence-electron chi connectivity index (χ4n) is 4.10. The summed E-state index contributed by atoms with van der Waals surface area (Å²) in [6.45, 7) is 3.01. The Morgan fingerprint density at radius 2 is 2.04 bits per heavy atom. The van der Waals surface area contributed by atoms with Crippen LogP contribution >= 0.6 is 0 Å². The highest BCUT2D eigenvalue weighted by Crippen LogP contribution is 2.25. The van der Waals surface area contributed by atoms with E-state index >= 15 is 0 Å². The van der Waals surface area contributed by atoms with Gasteiger partial charge in [-0.05, 0) is 30.7 Å². The molecule has 0 radical (unpaired) electrons. The number of benzene rings is 2. The van der Waals surface area contributed by atoms with E-state index in [9.17, 15) is 0 Å². The number of imidazole rings is 1. The van der Waals surface area contributed by atoms with Gasteiger partial charge in [-0.1, -0.05) is 24.3 Å². The maximum atomic E-state index is 4.82. The van der Waals surface area contributed by atoms with Crippen LogP contribution < -0.4 is 5.32 Å². The number of aryl methyl sites for hydroxylation is 1. The van der Waals surface area contributed by atoms with Crippen LogP contribution in [-0.4, -0.2) is 38.6 Å². The van der Waals surface area contributed by atoms with Crippen molar-refractivity contribution >= 4 is 27.5 Å². The summed E-state index contributed by atoms with van der Waals surface area (Å²) in [5.41, 5.74) is 3.48. The first-order valence-corrected chi connectivity index (χ1v) is 9.50. The van der Waals surface area contributed by atoms with Crippen molar-refractivity contribution in [2.45, 2.75) is 19.0 Å². The first kappa shape index (κ1) is 16.3. The smallest absolute Gasteiger partial charge is 0.123 e. The van der Waals surface area contributed by atoms with Crippen LogP contribution in [0.3, 0.4) is 0 Å². The van der Waals surface area contributed by atoms with Crippen LogP contribution in [0.4, 0.5) is 5.69 Å². The lowest BCUT2D eigenvalue weighted by Gasteiger charge is -2.18. The molecule has 2 aromatic carbocycles. The predicted octanol–water partition coefficient (Wildman–Crippen LogP) is 3.81. The van der Waals surface area contributed by atoms with Crippen molar-refractivity contribution in [1.29, 1.82) is 0 Å². The molecule has 5 rings (SSSR count). The minimum Gasteiger partial charge on any atom is -0.380 e. The third-order valence-electron chi connectivity index (χ3n) is 5.56. The highest BCUT2D eigenvalue weighted by Gasteiger charge is 2.24. The van der Waals surface area contributed by atoms with Crippen LogP contribution in [0.5, 0.6) is 0 Å². The summed E-state index contributed by atoms with van der Waals surface area (Å²) in [5, 5.41) is 6.16. The van der Waals surface area contributed by atoms with Crippen LogP contribution in [0, 0.1) is 0 Å². The van der Waals surface area contributed by atoms with Crippen molar-refractivity contribution in [3.63, 3.8) is 0 Å². The maximum absolute atomic E-state index is 4.82. The summed E-state index contributed by atoms with van der Waals surface area (Å²) in [6.07, 6.45) is 4.93. The number of fused-ring (bicyclic) bond motifs is 2. The van der Waals surface area contributed by atoms with E-state index in [0.29, 0.717) is 6.04 Å². The molecule has 0 saturated carbocycles. The van der Waals surface area contributed by atoms with Crippen molar-refractivity contribution < 1.29 is 0 Å². The Kier molecular flexibility index (Phi) is 4.02. The Hall–Kier alpha value is -2.92. The van der Waals surface area contributed by atoms with Crippen LogP contribution in [0.1, 0.15) is 12.2 Å². The van der Waals surface area contributed by atoms with Crippen molar-refractivity contribution in [3.8, 4) is 0 Å². The van der Waals surface area contributed by atoms with E-state index < -0.39 is 0 Å². The highest BCUT2D eigenvalue weighted by molar-refractivity contribution is 5.93. The van der Waals surface area contributed by atoms with E-state index in [4.69, 9.17) is 4.98 Å². The molecule has 0 spiro atoms. The first-order valence-electron chi connectivity index (χ1n) is 9.50. The Morgan fingerprint density at radius 1 is 1.11 bits per heavy atom. The van der Waals surface area contributed by atoms with Crippen LogP contribution in [-0.2, 0) is 13.6 Å². The summed E-state index contributed by atoms with van der Waals surface area (Å²) in [6, 6.07) is 17.3. The molecular weight excluding hydrogens is 334 g/mol. The third-order valence-corrected chi connectivity index (χ3v) is 5.56. The van der Waals surface area contributed by atoms with Gasteiger partial charge in [0.25, 0.3) is 0 Å². The molecule has 2 aromatic heterocycles. The van der Waals surface area contributed by atoms with Crippen LogP contribution in [0.15, 0.2) is 60.9 Å². The second-order valence-electron chi connectivity index (χ2n) is 7.34. The zero-order valence-corrected chi connectivity index (χ0v) is 15.5. The predicted molar refractivity (Wildman–Crippen MR) is 110 cm³/mol. The molecule has 1 aliphatic rings. The largest absolute Gasteiger partial charge is 0.380 e. The fraction of sp³-hybridized carbons (Fsp3) is 0.273. The second kappa shape index (κ2) is 6.67. The van der Waals surface area contributed by atoms with Gasteiger partial charge in [0.1, 0.15) is 5.82 Å². The molecule has 0 aliphatic carbocycles. The lowest BCUT2D eigenvalue weighted by molar-refractivity contribution is 0.317. The SMILES string of the molecule is Cn1c(CN2CC[C@@H](Nc3cccc4cnccc34)C2)nc2ccccc21. The van der Waals surface area contributed by atoms with Crippen LogP contribution in [0.2, 0.25) is 0 Å². The number of hydrogen-bond acceptors (Lipinski definition) is 4. The molecule has 0 amide bonds. The Labute approximate surface area is 158 Å². The quantitative estimate of drug-likeness (QED) is 0.603. The highest BCUT2D eigenvalue weighted by atomic mass is 15.2. The second-order valence-corrected chi connectivity index (χ2v) is 7.34. The van der Waals surface area contributed by atoms with Crippen molar-refractivity contribution in [2.24, 2.45) is 7.05 Å². The van der Waals surface area contributed by atoms with E-state index in [1.807, 2.05) is 12.4 Å². The topological polar surface area (TPSA) is 46.0 Å². The summed E-state index contributed by atoms with van der Waals surface area (Å²) in [7, 11) is 2.11. The van der Waals surface area contributed by atoms with E-state index in [0.717, 1.165) is 37.4 Å². The molecule has 4 aromatic rings. The van der Waals surface area contributed by atoms with Gasteiger partial charge in [0.15, 0.2) is 0 Å². The number of nitrogens with zero attached hydrogens (tertiary/aromatic N) is 4. The van der Waals surface area contributed by atoms with Gasteiger partial charge in [0, 0.05) is 55.0 Å². The first-order chi connectivity index (χ1) is 13.3. The van der Waals surface area contributed by atoms with Crippen molar-refractivity contribution in [3.05, 3.63) is 66.7 Å². The van der Waals surface area contributed by atoms with Gasteiger partial charge in [-0.25, -0.2) is 4.98 Å². The Morgan fingerprint density at radius 3 is 2.96 bits per heavy atom. The molecule has 136 valence electrons. The number of likely N-dealkylation sites (tertiary alicyclic amines) is 1. The van der Waals surface area contributed by atoms with Gasteiger partial charge in [0.2, 0.25) is 0 Å². The summed E-state index contributed by atoms with van der Waals surface area (Å²) in [4.78, 5) is 11.5. The van der Waals surface area contributed by atoms with E-state index in [1.165, 1.54) is 22.0 Å². The average molecular weight is 357 g/mol. The standard InChI is InChI=1S/C22H23N5/c1-26-21-8-3-2-6-20(21)25-22(26)15-27-12-10-17(14-27)24-19-7-4-5-16-13-23-11-9-18(16)19/h2-9,11,13,17,24H,10,12,14-15H2,1H3/t17-/m1/s1. The zero-order valence-electron chi connectivity index (χ0n) is 15.5. The van der Waals surface area contributed by atoms with E-state index in [-0.39, 0.29) is 0 Å². The fourth-order valence-corrected chi connectivity index (χ4v) is 4.10. The molecule has 27 heavy (non-hydrogen) atoms. The van der Waals surface area contributed by atoms with Gasteiger partial charge < -0.3 is 9.88 Å². The number of para-hydroxylation sites is 2. The van der Waals surface area contributed by atoms with Gasteiger partial charge in [-0.2, -0.15) is 0 Å². The van der Waals surface area contributed by atoms with Gasteiger partial charge in [0.05, 0.1) is 17.6 Å². The Balaban J connectivity index is 1.30. The van der Waals surface area contributed by atoms with Crippen molar-refractivity contribution in [1.82, 2.24) is 19.4 Å². The molecule has 5 heteroatoms. The van der Waals surface area contributed by atoms with E-state index in [1.54, 1.807) is 0 Å². The molecule has 0 unspecified atom stereocenters. The van der Waals surface area contributed by atoms with Gasteiger partial charge in [-0.3, -0.25) is 9.88 Å². The molecule has 5 nitrogen and oxygen atoms in total. The minimum absolute atomic E-state index is 0.457. The molecule has 3 heterocycles. The number of nitrogens with one attached hydrogen (secondary N) is 1. The number of hydrogen-bond donors (Lipinski definition) is 1. The van der Waals surface area contributed by atoms with Gasteiger partial charge in [-0.15, -0.1) is 0 Å². The average Bonchev–Trinajstić information content (AvgIpc) is 3.27. The molecule has 1 N–H and O–H groups in total. The number of rotatable bonds is 4. The summed E-state index contributed by atoms with van der Waals surface area (Å²) >= 11 is 0. The minimum atomic E-state index is 0.457. The van der Waals surface area contributed by atoms with Gasteiger partial charge >= 0.3 is 0 Å². The zero-order chi connectivity index (χ0) is 18.2. The monoisotopic (exact) mass is 357 g/mol.